The number of rotatable bonds is 3. The molecule has 1 aromatic heterocycles. The molecule has 1 aliphatic heterocycles. The number of halogens is 1. The molecule has 1 aromatic rings. The molecule has 4 nitrogen and oxygen atoms in total. The van der Waals surface area contributed by atoms with Crippen LogP contribution in [0.5, 0.6) is 0 Å². The molecule has 1 unspecified atom stereocenters. The molecule has 2 N–H and O–H groups in total. The average Bonchev–Trinajstić information content (AvgIpc) is 2.70. The summed E-state index contributed by atoms with van der Waals surface area (Å²) in [6.45, 7) is 1.01. The number of aromatic nitrogens is 1. The number of hydrogen-bond donors (Lipinski definition) is 2. The van der Waals surface area contributed by atoms with Gasteiger partial charge in [0.25, 0.3) is 0 Å². The van der Waals surface area contributed by atoms with Crippen LogP contribution in [0.1, 0.15) is 19.3 Å². The third-order valence-electron chi connectivity index (χ3n) is 2.58. The van der Waals surface area contributed by atoms with E-state index in [1.165, 1.54) is 0 Å². The van der Waals surface area contributed by atoms with Crippen LogP contribution >= 0.6 is 11.6 Å². The molecule has 1 fully saturated rings. The molecule has 2 heterocycles. The van der Waals surface area contributed by atoms with Gasteiger partial charge in [0.1, 0.15) is 11.0 Å². The van der Waals surface area contributed by atoms with Crippen molar-refractivity contribution in [3.8, 4) is 0 Å². The number of hydrogen-bond acceptors (Lipinski definition) is 3. The first-order chi connectivity index (χ1) is 7.74. The first-order valence-electron chi connectivity index (χ1n) is 5.40. The topological polar surface area (TPSA) is 54.0 Å². The van der Waals surface area contributed by atoms with E-state index in [4.69, 9.17) is 11.6 Å². The first kappa shape index (κ1) is 11.4. The molecule has 0 spiro atoms. The predicted molar refractivity (Wildman–Crippen MR) is 63.5 cm³/mol. The van der Waals surface area contributed by atoms with Gasteiger partial charge < -0.3 is 10.6 Å². The van der Waals surface area contributed by atoms with Crippen LogP contribution < -0.4 is 10.6 Å². The monoisotopic (exact) mass is 239 g/mol. The highest BCUT2D eigenvalue weighted by Crippen LogP contribution is 2.12. The highest BCUT2D eigenvalue weighted by atomic mass is 35.5. The molecule has 86 valence electrons. The largest absolute Gasteiger partial charge is 0.313 e. The van der Waals surface area contributed by atoms with Crippen LogP contribution in [0.3, 0.4) is 0 Å². The molecule has 1 saturated heterocycles. The van der Waals surface area contributed by atoms with Crippen LogP contribution in [0.4, 0.5) is 5.82 Å². The van der Waals surface area contributed by atoms with Crippen molar-refractivity contribution in [1.29, 1.82) is 0 Å². The van der Waals surface area contributed by atoms with Gasteiger partial charge in [0.05, 0.1) is 0 Å². The maximum absolute atomic E-state index is 11.6. The normalized spacial score (nSPS) is 19.7. The van der Waals surface area contributed by atoms with Gasteiger partial charge in [0.15, 0.2) is 0 Å². The molecule has 2 rings (SSSR count). The van der Waals surface area contributed by atoms with E-state index in [-0.39, 0.29) is 5.91 Å². The lowest BCUT2D eigenvalue weighted by Crippen LogP contribution is -2.27. The lowest BCUT2D eigenvalue weighted by Gasteiger charge is -2.09. The Balaban J connectivity index is 1.86. The van der Waals surface area contributed by atoms with E-state index in [9.17, 15) is 4.79 Å². The first-order valence-corrected chi connectivity index (χ1v) is 5.77. The molecule has 16 heavy (non-hydrogen) atoms. The third-order valence-corrected chi connectivity index (χ3v) is 2.79. The summed E-state index contributed by atoms with van der Waals surface area (Å²) in [5, 5.41) is 6.40. The average molecular weight is 240 g/mol. The molecular weight excluding hydrogens is 226 g/mol. The van der Waals surface area contributed by atoms with E-state index in [0.717, 1.165) is 19.4 Å². The molecule has 0 aliphatic carbocycles. The number of anilines is 1. The standard InChI is InChI=1S/C11H14ClN3O/c12-9-4-1-5-10(14-9)15-11(16)7-8-3-2-6-13-8/h1,4-5,8,13H,2-3,6-7H2,(H,14,15,16). The molecule has 0 bridgehead atoms. The van der Waals surface area contributed by atoms with Crippen molar-refractivity contribution < 1.29 is 4.79 Å². The Morgan fingerprint density at radius 3 is 3.19 bits per heavy atom. The van der Waals surface area contributed by atoms with Crippen LogP contribution in [-0.4, -0.2) is 23.5 Å². The second kappa shape index (κ2) is 5.27. The van der Waals surface area contributed by atoms with E-state index >= 15 is 0 Å². The highest BCUT2D eigenvalue weighted by molar-refractivity contribution is 6.29. The van der Waals surface area contributed by atoms with Crippen molar-refractivity contribution in [2.45, 2.75) is 25.3 Å². The quantitative estimate of drug-likeness (QED) is 0.792. The van der Waals surface area contributed by atoms with Crippen LogP contribution in [-0.2, 0) is 4.79 Å². The van der Waals surface area contributed by atoms with Gasteiger partial charge in [-0.25, -0.2) is 4.98 Å². The highest BCUT2D eigenvalue weighted by Gasteiger charge is 2.17. The minimum absolute atomic E-state index is 0.0193. The molecule has 0 aromatic carbocycles. The summed E-state index contributed by atoms with van der Waals surface area (Å²) in [4.78, 5) is 15.6. The molecular formula is C11H14ClN3O. The second-order valence-electron chi connectivity index (χ2n) is 3.89. The maximum Gasteiger partial charge on any atom is 0.227 e. The Bertz CT molecular complexity index is 377. The van der Waals surface area contributed by atoms with Gasteiger partial charge in [-0.1, -0.05) is 17.7 Å². The zero-order valence-electron chi connectivity index (χ0n) is 8.87. The fraction of sp³-hybridized carbons (Fsp3) is 0.455. The summed E-state index contributed by atoms with van der Waals surface area (Å²) in [6.07, 6.45) is 2.71. The van der Waals surface area contributed by atoms with E-state index in [1.54, 1.807) is 18.2 Å². The van der Waals surface area contributed by atoms with Crippen molar-refractivity contribution in [2.75, 3.05) is 11.9 Å². The summed E-state index contributed by atoms with van der Waals surface area (Å²) in [7, 11) is 0. The van der Waals surface area contributed by atoms with Crippen molar-refractivity contribution >= 4 is 23.3 Å². The van der Waals surface area contributed by atoms with E-state index in [2.05, 4.69) is 15.6 Å². The fourth-order valence-corrected chi connectivity index (χ4v) is 1.99. The Kier molecular flexibility index (Phi) is 3.74. The Morgan fingerprint density at radius 1 is 1.62 bits per heavy atom. The van der Waals surface area contributed by atoms with Gasteiger partial charge in [-0.2, -0.15) is 0 Å². The van der Waals surface area contributed by atoms with Crippen molar-refractivity contribution in [3.05, 3.63) is 23.4 Å². The van der Waals surface area contributed by atoms with Gasteiger partial charge in [-0.15, -0.1) is 0 Å². The van der Waals surface area contributed by atoms with Crippen LogP contribution in [0.15, 0.2) is 18.2 Å². The van der Waals surface area contributed by atoms with Gasteiger partial charge in [0, 0.05) is 12.5 Å². The van der Waals surface area contributed by atoms with Gasteiger partial charge in [0.2, 0.25) is 5.91 Å². The smallest absolute Gasteiger partial charge is 0.227 e. The summed E-state index contributed by atoms with van der Waals surface area (Å²) in [5.41, 5.74) is 0. The minimum atomic E-state index is -0.0193. The number of nitrogens with zero attached hydrogens (tertiary/aromatic N) is 1. The number of pyridine rings is 1. The Hall–Kier alpha value is -1.13. The lowest BCUT2D eigenvalue weighted by molar-refractivity contribution is -0.116. The van der Waals surface area contributed by atoms with Crippen LogP contribution in [0.2, 0.25) is 5.15 Å². The van der Waals surface area contributed by atoms with Gasteiger partial charge >= 0.3 is 0 Å². The molecule has 1 atom stereocenters. The van der Waals surface area contributed by atoms with Gasteiger partial charge in [-0.3, -0.25) is 4.79 Å². The van der Waals surface area contributed by atoms with Crippen molar-refractivity contribution in [1.82, 2.24) is 10.3 Å². The summed E-state index contributed by atoms with van der Waals surface area (Å²) >= 11 is 5.72. The summed E-state index contributed by atoms with van der Waals surface area (Å²) < 4.78 is 0. The van der Waals surface area contributed by atoms with E-state index < -0.39 is 0 Å². The summed E-state index contributed by atoms with van der Waals surface area (Å²) in [6, 6.07) is 5.47. The number of amides is 1. The number of carbonyl (C=O) groups excluding carboxylic acids is 1. The van der Waals surface area contributed by atoms with Crippen LogP contribution in [0, 0.1) is 0 Å². The molecule has 1 amide bonds. The molecule has 1 aliphatic rings. The van der Waals surface area contributed by atoms with E-state index in [1.807, 2.05) is 0 Å². The van der Waals surface area contributed by atoms with Gasteiger partial charge in [-0.05, 0) is 31.5 Å². The number of carbonyl (C=O) groups is 1. The zero-order chi connectivity index (χ0) is 11.4. The SMILES string of the molecule is O=C(CC1CCCN1)Nc1cccc(Cl)n1. The van der Waals surface area contributed by atoms with Crippen molar-refractivity contribution in [2.24, 2.45) is 0 Å². The Morgan fingerprint density at radius 2 is 2.50 bits per heavy atom. The fourth-order valence-electron chi connectivity index (χ4n) is 1.83. The molecule has 5 heteroatoms. The van der Waals surface area contributed by atoms with Crippen molar-refractivity contribution in [3.63, 3.8) is 0 Å². The van der Waals surface area contributed by atoms with Crippen LogP contribution in [0.25, 0.3) is 0 Å². The predicted octanol–water partition coefficient (Wildman–Crippen LogP) is 1.82. The Labute approximate surface area is 99.4 Å². The number of nitrogens with one attached hydrogen (secondary N) is 2. The molecule has 0 radical (unpaired) electrons. The lowest BCUT2D eigenvalue weighted by atomic mass is 10.1. The van der Waals surface area contributed by atoms with E-state index in [0.29, 0.717) is 23.4 Å². The third kappa shape index (κ3) is 3.18. The molecule has 0 saturated carbocycles. The maximum atomic E-state index is 11.6. The second-order valence-corrected chi connectivity index (χ2v) is 4.28. The minimum Gasteiger partial charge on any atom is -0.313 e. The zero-order valence-corrected chi connectivity index (χ0v) is 9.63. The summed E-state index contributed by atoms with van der Waals surface area (Å²) in [5.74, 6) is 0.490.